The van der Waals surface area contributed by atoms with Crippen LogP contribution in [0.2, 0.25) is 5.15 Å². The number of aromatic nitrogens is 2. The number of carbonyl (C=O) groups is 2. The van der Waals surface area contributed by atoms with E-state index in [2.05, 4.69) is 16.9 Å². The van der Waals surface area contributed by atoms with Crippen LogP contribution in [-0.4, -0.2) is 45.4 Å². The van der Waals surface area contributed by atoms with Gasteiger partial charge in [-0.3, -0.25) is 14.0 Å². The molecule has 1 saturated heterocycles. The molecule has 156 valence electrons. The molecule has 0 radical (unpaired) electrons. The number of hydrogen-bond donors (Lipinski definition) is 1. The van der Waals surface area contributed by atoms with E-state index >= 15 is 0 Å². The van der Waals surface area contributed by atoms with Crippen molar-refractivity contribution in [3.63, 3.8) is 0 Å². The van der Waals surface area contributed by atoms with Crippen LogP contribution >= 0.6 is 11.6 Å². The number of furan rings is 1. The molecule has 3 aromatic rings. The second-order valence-electron chi connectivity index (χ2n) is 6.81. The summed E-state index contributed by atoms with van der Waals surface area (Å²) in [4.78, 5) is 29.0. The van der Waals surface area contributed by atoms with E-state index in [1.807, 2.05) is 0 Å². The number of fused-ring (bicyclic) bond motifs is 1. The summed E-state index contributed by atoms with van der Waals surface area (Å²) in [6, 6.07) is 1.57. The Labute approximate surface area is 192 Å². The topological polar surface area (TPSA) is 104 Å². The monoisotopic (exact) mass is 441 g/mol. The molecule has 1 aliphatic rings. The Hall–Kier alpha value is -2.80. The van der Waals surface area contributed by atoms with E-state index in [0.29, 0.717) is 17.2 Å². The second-order valence-corrected chi connectivity index (χ2v) is 7.16. The summed E-state index contributed by atoms with van der Waals surface area (Å²) in [7, 11) is 0. The molecule has 1 fully saturated rings. The van der Waals surface area contributed by atoms with Crippen molar-refractivity contribution in [1.29, 1.82) is 0 Å². The summed E-state index contributed by atoms with van der Waals surface area (Å²) in [5, 5.41) is 2.26. The molecule has 8 nitrogen and oxygen atoms in total. The number of amides is 3. The molecule has 0 unspecified atom stereocenters. The Morgan fingerprint density at radius 3 is 2.68 bits per heavy atom. The summed E-state index contributed by atoms with van der Waals surface area (Å²) in [6.45, 7) is 3.53. The second kappa shape index (κ2) is 8.38. The fraction of sp³-hybridized carbons (Fsp3) is 0.211. The van der Waals surface area contributed by atoms with Gasteiger partial charge in [-0.2, -0.15) is 8.78 Å². The molecule has 0 spiro atoms. The molecular weight excluding hydrogens is 427 g/mol. The van der Waals surface area contributed by atoms with Crippen LogP contribution in [0.5, 0.6) is 0 Å². The quantitative estimate of drug-likeness (QED) is 0.473. The Balaban J connectivity index is 0.00000272. The first-order valence-electron chi connectivity index (χ1n) is 8.78. The van der Waals surface area contributed by atoms with E-state index in [4.69, 9.17) is 21.8 Å². The van der Waals surface area contributed by atoms with Crippen LogP contribution in [0.4, 0.5) is 13.6 Å². The first-order valence-corrected chi connectivity index (χ1v) is 9.16. The van der Waals surface area contributed by atoms with Crippen LogP contribution in [0.25, 0.3) is 22.5 Å². The number of imidazole rings is 1. The van der Waals surface area contributed by atoms with E-state index in [9.17, 15) is 18.4 Å². The standard InChI is InChI=1S/C19H16ClF2N5O3.Li/c1-2-19(21,22)13-5-11(10-3-4-30-9-10)6-27-15(20)14(25-16(13)27)17(28)26-7-12(8-26)24-18(23)29;/h2-6,9,12H,1,7-8H2,(H3,23,24,29);/q;+1/p-1. The fourth-order valence-corrected chi connectivity index (χ4v) is 3.52. The molecular formula is C19H15ClF2LiN5O3. The number of alkyl halides is 2. The molecule has 0 aromatic carbocycles. The van der Waals surface area contributed by atoms with E-state index in [-0.39, 0.29) is 54.5 Å². The molecule has 0 aliphatic carbocycles. The Morgan fingerprint density at radius 1 is 1.39 bits per heavy atom. The van der Waals surface area contributed by atoms with Gasteiger partial charge in [-0.15, -0.1) is 0 Å². The van der Waals surface area contributed by atoms with Crippen molar-refractivity contribution in [3.05, 3.63) is 65.7 Å². The van der Waals surface area contributed by atoms with Crippen LogP contribution in [0.15, 0.2) is 47.9 Å². The van der Waals surface area contributed by atoms with E-state index < -0.39 is 23.4 Å². The van der Waals surface area contributed by atoms with Crippen molar-refractivity contribution in [2.75, 3.05) is 13.1 Å². The minimum Gasteiger partial charge on any atom is -0.472 e. The molecule has 4 rings (SSSR count). The molecule has 31 heavy (non-hydrogen) atoms. The van der Waals surface area contributed by atoms with Crippen LogP contribution < -0.4 is 24.2 Å². The van der Waals surface area contributed by atoms with Gasteiger partial charge in [0.2, 0.25) is 0 Å². The molecule has 3 amide bonds. The third-order valence-corrected chi connectivity index (χ3v) is 5.20. The molecule has 2 N–H and O–H groups in total. The van der Waals surface area contributed by atoms with Crippen molar-refractivity contribution < 1.29 is 41.6 Å². The van der Waals surface area contributed by atoms with Crippen molar-refractivity contribution in [3.8, 4) is 11.1 Å². The van der Waals surface area contributed by atoms with Gasteiger partial charge in [0.05, 0.1) is 18.1 Å². The number of nitrogens with zero attached hydrogens (tertiary/aromatic N) is 3. The number of pyridine rings is 1. The van der Waals surface area contributed by atoms with Crippen LogP contribution in [0.3, 0.4) is 0 Å². The van der Waals surface area contributed by atoms with Gasteiger partial charge in [-0.25, -0.2) is 4.98 Å². The van der Waals surface area contributed by atoms with Crippen molar-refractivity contribution >= 4 is 29.2 Å². The van der Waals surface area contributed by atoms with Crippen molar-refractivity contribution in [2.45, 2.75) is 12.0 Å². The summed E-state index contributed by atoms with van der Waals surface area (Å²) in [5.41, 5.74) is 7.03. The summed E-state index contributed by atoms with van der Waals surface area (Å²) < 4.78 is 35.4. The average Bonchev–Trinajstić information content (AvgIpc) is 3.31. The molecule has 4 heterocycles. The van der Waals surface area contributed by atoms with Gasteiger partial charge in [0.1, 0.15) is 16.8 Å². The van der Waals surface area contributed by atoms with E-state index in [0.717, 1.165) is 0 Å². The summed E-state index contributed by atoms with van der Waals surface area (Å²) in [5.74, 6) is -3.98. The molecule has 0 bridgehead atoms. The van der Waals surface area contributed by atoms with Gasteiger partial charge in [-0.05, 0) is 24.3 Å². The van der Waals surface area contributed by atoms with Crippen LogP contribution in [0.1, 0.15) is 16.1 Å². The normalized spacial score (nSPS) is 14.1. The number of hydrogen-bond acceptors (Lipinski definition) is 4. The largest absolute Gasteiger partial charge is 1.00 e. The average molecular weight is 442 g/mol. The number of carbonyl (C=O) groups excluding carboxylic acids is 2. The maximum absolute atomic E-state index is 14.6. The van der Waals surface area contributed by atoms with Gasteiger partial charge < -0.3 is 20.4 Å². The zero-order valence-electron chi connectivity index (χ0n) is 16.4. The number of urea groups is 1. The smallest absolute Gasteiger partial charge is 0.472 e. The number of nitrogens with one attached hydrogen (secondary N) is 2. The Bertz CT molecular complexity index is 1160. The van der Waals surface area contributed by atoms with Gasteiger partial charge in [0.15, 0.2) is 5.69 Å². The van der Waals surface area contributed by atoms with Gasteiger partial charge in [0.25, 0.3) is 11.8 Å². The zero-order valence-corrected chi connectivity index (χ0v) is 17.1. The summed E-state index contributed by atoms with van der Waals surface area (Å²) in [6.07, 6.45) is 4.79. The minimum atomic E-state index is -3.42. The number of halogens is 3. The van der Waals surface area contributed by atoms with Gasteiger partial charge in [-0.1, -0.05) is 18.2 Å². The summed E-state index contributed by atoms with van der Waals surface area (Å²) >= 11 is 6.36. The zero-order chi connectivity index (χ0) is 21.6. The third kappa shape index (κ3) is 4.06. The molecule has 0 saturated carbocycles. The first-order chi connectivity index (χ1) is 14.2. The van der Waals surface area contributed by atoms with Crippen molar-refractivity contribution in [1.82, 2.24) is 19.6 Å². The van der Waals surface area contributed by atoms with Crippen LogP contribution in [-0.2, 0) is 5.92 Å². The molecule has 3 aromatic heterocycles. The van der Waals surface area contributed by atoms with Gasteiger partial charge in [0, 0.05) is 30.4 Å². The SMILES string of the molecule is C=CC(F)(F)c1cc(-c2ccoc2)cn2c(Cl)c(C(=O)N3CC(NC([NH-])=O)C3)nc12.[Li+]. The number of rotatable bonds is 5. The minimum absolute atomic E-state index is 0. The Kier molecular flexibility index (Phi) is 6.18. The van der Waals surface area contributed by atoms with Gasteiger partial charge >= 0.3 is 18.9 Å². The first kappa shape index (κ1) is 22.9. The van der Waals surface area contributed by atoms with Crippen LogP contribution in [0, 0.1) is 0 Å². The third-order valence-electron chi connectivity index (χ3n) is 4.84. The van der Waals surface area contributed by atoms with E-state index in [1.54, 1.807) is 6.07 Å². The number of allylic oxidation sites excluding steroid dienone is 1. The molecule has 0 atom stereocenters. The maximum atomic E-state index is 14.6. The predicted octanol–water partition coefficient (Wildman–Crippen LogP) is 1.12. The fourth-order valence-electron chi connectivity index (χ4n) is 3.27. The predicted molar refractivity (Wildman–Crippen MR) is 105 cm³/mol. The number of likely N-dealkylation sites (tertiary alicyclic amines) is 1. The van der Waals surface area contributed by atoms with Crippen molar-refractivity contribution in [2.24, 2.45) is 0 Å². The van der Waals surface area contributed by atoms with E-state index in [1.165, 1.54) is 34.1 Å². The molecule has 12 heteroatoms. The molecule has 1 aliphatic heterocycles. The Morgan fingerprint density at radius 2 is 2.10 bits per heavy atom. The maximum Gasteiger partial charge on any atom is 1.00 e.